The zero-order valence-electron chi connectivity index (χ0n) is 9.97. The van der Waals surface area contributed by atoms with Gasteiger partial charge in [0.1, 0.15) is 0 Å². The number of allylic oxidation sites excluding steroid dienone is 1. The summed E-state index contributed by atoms with van der Waals surface area (Å²) in [4.78, 5) is 0. The molecule has 0 spiro atoms. The fraction of sp³-hybridized carbons (Fsp3) is 0.846. The first kappa shape index (κ1) is 11.8. The molecular formula is C13H25N. The highest BCUT2D eigenvalue weighted by Crippen LogP contribution is 2.16. The first-order chi connectivity index (χ1) is 6.72. The average Bonchev–Trinajstić information content (AvgIpc) is 2.19. The fourth-order valence-electron chi connectivity index (χ4n) is 2.16. The van der Waals surface area contributed by atoms with E-state index in [0.717, 1.165) is 12.0 Å². The molecule has 2 atom stereocenters. The fourth-order valence-corrected chi connectivity index (χ4v) is 2.16. The summed E-state index contributed by atoms with van der Waals surface area (Å²) in [5, 5.41) is 3.60. The monoisotopic (exact) mass is 195 g/mol. The number of nitrogens with one attached hydrogen (secondary N) is 1. The van der Waals surface area contributed by atoms with E-state index in [4.69, 9.17) is 0 Å². The highest BCUT2D eigenvalue weighted by molar-refractivity contribution is 5.03. The van der Waals surface area contributed by atoms with Crippen molar-refractivity contribution in [1.82, 2.24) is 5.32 Å². The molecule has 82 valence electrons. The van der Waals surface area contributed by atoms with Gasteiger partial charge in [0.2, 0.25) is 0 Å². The lowest BCUT2D eigenvalue weighted by atomic mass is 9.96. The van der Waals surface area contributed by atoms with Gasteiger partial charge in [0, 0.05) is 6.04 Å². The summed E-state index contributed by atoms with van der Waals surface area (Å²) in [6.45, 7) is 8.06. The van der Waals surface area contributed by atoms with E-state index in [9.17, 15) is 0 Å². The van der Waals surface area contributed by atoms with Gasteiger partial charge in [-0.1, -0.05) is 38.3 Å². The molecule has 1 nitrogen and oxygen atoms in total. The van der Waals surface area contributed by atoms with E-state index in [1.165, 1.54) is 38.6 Å². The third kappa shape index (κ3) is 4.28. The molecule has 0 aromatic heterocycles. The van der Waals surface area contributed by atoms with Crippen LogP contribution in [0.15, 0.2) is 11.6 Å². The molecule has 1 N–H and O–H groups in total. The second kappa shape index (κ2) is 6.23. The molecule has 0 aliphatic carbocycles. The van der Waals surface area contributed by atoms with Gasteiger partial charge in [-0.25, -0.2) is 0 Å². The molecule has 0 bridgehead atoms. The Morgan fingerprint density at radius 2 is 2.29 bits per heavy atom. The van der Waals surface area contributed by atoms with Crippen LogP contribution in [0.25, 0.3) is 0 Å². The Morgan fingerprint density at radius 3 is 2.86 bits per heavy atom. The van der Waals surface area contributed by atoms with Gasteiger partial charge >= 0.3 is 0 Å². The molecular weight excluding hydrogens is 170 g/mol. The minimum Gasteiger partial charge on any atom is -0.314 e. The van der Waals surface area contributed by atoms with E-state index in [1.54, 1.807) is 5.57 Å². The van der Waals surface area contributed by atoms with Crippen LogP contribution in [0.2, 0.25) is 0 Å². The van der Waals surface area contributed by atoms with Crippen molar-refractivity contribution in [2.45, 2.75) is 58.9 Å². The molecule has 2 unspecified atom stereocenters. The van der Waals surface area contributed by atoms with Crippen LogP contribution in [0.4, 0.5) is 0 Å². The quantitative estimate of drug-likeness (QED) is 0.677. The molecule has 1 heteroatoms. The molecule has 1 saturated heterocycles. The lowest BCUT2D eigenvalue weighted by molar-refractivity contribution is 0.398. The number of piperidine rings is 1. The van der Waals surface area contributed by atoms with Crippen LogP contribution in [-0.4, -0.2) is 12.6 Å². The topological polar surface area (TPSA) is 12.0 Å². The molecule has 1 fully saturated rings. The Labute approximate surface area is 89.0 Å². The van der Waals surface area contributed by atoms with Crippen LogP contribution < -0.4 is 5.32 Å². The molecule has 0 saturated carbocycles. The van der Waals surface area contributed by atoms with E-state index in [0.29, 0.717) is 0 Å². The minimum atomic E-state index is 0.749. The smallest absolute Gasteiger partial charge is 0.0104 e. The SMILES string of the molecule is CCC(C)/C=C(/C)CC1CCCCN1. The van der Waals surface area contributed by atoms with Crippen molar-refractivity contribution in [3.63, 3.8) is 0 Å². The largest absolute Gasteiger partial charge is 0.314 e. The minimum absolute atomic E-state index is 0.749. The van der Waals surface area contributed by atoms with Crippen LogP contribution in [0, 0.1) is 5.92 Å². The summed E-state index contributed by atoms with van der Waals surface area (Å²) in [5.41, 5.74) is 1.57. The molecule has 0 radical (unpaired) electrons. The van der Waals surface area contributed by atoms with E-state index in [-0.39, 0.29) is 0 Å². The first-order valence-electron chi connectivity index (χ1n) is 6.13. The summed E-state index contributed by atoms with van der Waals surface area (Å²) in [6, 6.07) is 0.754. The molecule has 1 rings (SSSR count). The summed E-state index contributed by atoms with van der Waals surface area (Å²) < 4.78 is 0. The molecule has 14 heavy (non-hydrogen) atoms. The Morgan fingerprint density at radius 1 is 1.50 bits per heavy atom. The summed E-state index contributed by atoms with van der Waals surface area (Å²) in [7, 11) is 0. The maximum absolute atomic E-state index is 3.60. The third-order valence-corrected chi connectivity index (χ3v) is 3.19. The van der Waals surface area contributed by atoms with Gasteiger partial charge in [0.25, 0.3) is 0 Å². The summed E-state index contributed by atoms with van der Waals surface area (Å²) in [6.07, 6.45) is 9.10. The van der Waals surface area contributed by atoms with Crippen molar-refractivity contribution >= 4 is 0 Å². The average molecular weight is 195 g/mol. The molecule has 1 aliphatic heterocycles. The Balaban J connectivity index is 2.30. The molecule has 0 amide bonds. The Bertz CT molecular complexity index is 178. The van der Waals surface area contributed by atoms with Crippen molar-refractivity contribution in [3.8, 4) is 0 Å². The maximum Gasteiger partial charge on any atom is 0.0104 e. The van der Waals surface area contributed by atoms with Crippen LogP contribution >= 0.6 is 0 Å². The molecule has 0 aromatic carbocycles. The summed E-state index contributed by atoms with van der Waals surface area (Å²) in [5.74, 6) is 0.749. The van der Waals surface area contributed by atoms with Gasteiger partial charge in [-0.3, -0.25) is 0 Å². The van der Waals surface area contributed by atoms with Crippen LogP contribution in [0.3, 0.4) is 0 Å². The highest BCUT2D eigenvalue weighted by atomic mass is 14.9. The molecule has 0 aromatic rings. The van der Waals surface area contributed by atoms with Crippen molar-refractivity contribution in [1.29, 1.82) is 0 Å². The lowest BCUT2D eigenvalue weighted by Crippen LogP contribution is -2.34. The Hall–Kier alpha value is -0.300. The lowest BCUT2D eigenvalue weighted by Gasteiger charge is -2.24. The second-order valence-corrected chi connectivity index (χ2v) is 4.75. The van der Waals surface area contributed by atoms with Crippen LogP contribution in [0.1, 0.15) is 52.9 Å². The predicted octanol–water partition coefficient (Wildman–Crippen LogP) is 3.51. The maximum atomic E-state index is 3.60. The van der Waals surface area contributed by atoms with E-state index < -0.39 is 0 Å². The van der Waals surface area contributed by atoms with E-state index in [1.807, 2.05) is 0 Å². The number of hydrogen-bond donors (Lipinski definition) is 1. The Kier molecular flexibility index (Phi) is 5.24. The zero-order valence-corrected chi connectivity index (χ0v) is 9.97. The second-order valence-electron chi connectivity index (χ2n) is 4.75. The van der Waals surface area contributed by atoms with Crippen LogP contribution in [-0.2, 0) is 0 Å². The predicted molar refractivity (Wildman–Crippen MR) is 63.5 cm³/mol. The van der Waals surface area contributed by atoms with Crippen molar-refractivity contribution in [2.75, 3.05) is 6.54 Å². The number of rotatable bonds is 4. The van der Waals surface area contributed by atoms with Crippen molar-refractivity contribution < 1.29 is 0 Å². The van der Waals surface area contributed by atoms with Gasteiger partial charge in [-0.15, -0.1) is 0 Å². The van der Waals surface area contributed by atoms with Crippen LogP contribution in [0.5, 0.6) is 0 Å². The van der Waals surface area contributed by atoms with Gasteiger partial charge in [-0.2, -0.15) is 0 Å². The standard InChI is InChI=1S/C13H25N/c1-4-11(2)9-12(3)10-13-7-5-6-8-14-13/h9,11,13-14H,4-8,10H2,1-3H3/b12-9-. The van der Waals surface area contributed by atoms with Gasteiger partial charge < -0.3 is 5.32 Å². The van der Waals surface area contributed by atoms with Gasteiger partial charge in [0.05, 0.1) is 0 Å². The van der Waals surface area contributed by atoms with E-state index >= 15 is 0 Å². The summed E-state index contributed by atoms with van der Waals surface area (Å²) >= 11 is 0. The number of hydrogen-bond acceptors (Lipinski definition) is 1. The van der Waals surface area contributed by atoms with Gasteiger partial charge in [-0.05, 0) is 38.6 Å². The highest BCUT2D eigenvalue weighted by Gasteiger charge is 2.12. The van der Waals surface area contributed by atoms with Crippen molar-refractivity contribution in [3.05, 3.63) is 11.6 Å². The molecule has 1 aliphatic rings. The normalized spacial score (nSPS) is 26.2. The molecule has 1 heterocycles. The third-order valence-electron chi connectivity index (χ3n) is 3.19. The van der Waals surface area contributed by atoms with E-state index in [2.05, 4.69) is 32.2 Å². The zero-order chi connectivity index (χ0) is 10.4. The van der Waals surface area contributed by atoms with Gasteiger partial charge in [0.15, 0.2) is 0 Å². The van der Waals surface area contributed by atoms with Crippen molar-refractivity contribution in [2.24, 2.45) is 5.92 Å². The first-order valence-corrected chi connectivity index (χ1v) is 6.13.